The molecule has 6 nitrogen and oxygen atoms in total. The lowest BCUT2D eigenvalue weighted by Gasteiger charge is -2.29. The second-order valence-corrected chi connectivity index (χ2v) is 5.50. The molecule has 0 aliphatic carbocycles. The van der Waals surface area contributed by atoms with Crippen LogP contribution in [0.4, 0.5) is 5.82 Å². The van der Waals surface area contributed by atoms with Crippen LogP contribution >= 0.6 is 0 Å². The van der Waals surface area contributed by atoms with Gasteiger partial charge in [-0.2, -0.15) is 0 Å². The van der Waals surface area contributed by atoms with Crippen molar-refractivity contribution in [3.8, 4) is 5.75 Å². The number of amides is 1. The second kappa shape index (κ2) is 7.79. The number of anilines is 1. The summed E-state index contributed by atoms with van der Waals surface area (Å²) in [7, 11) is 1.63. The van der Waals surface area contributed by atoms with Gasteiger partial charge in [0.15, 0.2) is 0 Å². The van der Waals surface area contributed by atoms with E-state index >= 15 is 0 Å². The largest absolute Gasteiger partial charge is 0.497 e. The number of pyridine rings is 1. The number of rotatable bonds is 5. The second-order valence-electron chi connectivity index (χ2n) is 5.50. The van der Waals surface area contributed by atoms with Gasteiger partial charge in [0.05, 0.1) is 25.9 Å². The molecule has 1 aliphatic rings. The van der Waals surface area contributed by atoms with Crippen molar-refractivity contribution in [1.82, 2.24) is 10.3 Å². The standard InChI is InChI=1S/C18H21N3O3/c1-23-15-6-4-14(5-7-15)13-20-18(22)16-3-2-8-19-17(16)21-9-11-24-12-10-21/h2-8H,9-13H2,1H3,(H,20,22). The number of aromatic nitrogens is 1. The van der Waals surface area contributed by atoms with Crippen molar-refractivity contribution in [2.45, 2.75) is 6.54 Å². The van der Waals surface area contributed by atoms with E-state index < -0.39 is 0 Å². The normalized spacial score (nSPS) is 14.3. The molecule has 0 atom stereocenters. The van der Waals surface area contributed by atoms with Crippen molar-refractivity contribution in [3.05, 3.63) is 53.7 Å². The van der Waals surface area contributed by atoms with E-state index in [1.54, 1.807) is 25.4 Å². The first-order valence-electron chi connectivity index (χ1n) is 7.97. The van der Waals surface area contributed by atoms with E-state index in [0.717, 1.165) is 24.4 Å². The summed E-state index contributed by atoms with van der Waals surface area (Å²) in [6.45, 7) is 3.26. The predicted molar refractivity (Wildman–Crippen MR) is 91.4 cm³/mol. The molecule has 0 spiro atoms. The molecule has 3 rings (SSSR count). The van der Waals surface area contributed by atoms with E-state index in [2.05, 4.69) is 15.2 Å². The molecule has 1 aromatic carbocycles. The monoisotopic (exact) mass is 327 g/mol. The van der Waals surface area contributed by atoms with E-state index in [1.165, 1.54) is 0 Å². The molecule has 0 saturated carbocycles. The number of benzene rings is 1. The molecule has 2 heterocycles. The number of carbonyl (C=O) groups is 1. The molecule has 0 radical (unpaired) electrons. The molecule has 1 aliphatic heterocycles. The maximum atomic E-state index is 12.6. The van der Waals surface area contributed by atoms with Gasteiger partial charge in [-0.15, -0.1) is 0 Å². The van der Waals surface area contributed by atoms with Crippen molar-refractivity contribution < 1.29 is 14.3 Å². The molecule has 1 aromatic heterocycles. The Morgan fingerprint density at radius 1 is 1.25 bits per heavy atom. The highest BCUT2D eigenvalue weighted by atomic mass is 16.5. The number of nitrogens with one attached hydrogen (secondary N) is 1. The Morgan fingerprint density at radius 2 is 2.00 bits per heavy atom. The Hall–Kier alpha value is -2.60. The fourth-order valence-electron chi connectivity index (χ4n) is 2.62. The number of ether oxygens (including phenoxy) is 2. The Morgan fingerprint density at radius 3 is 2.71 bits per heavy atom. The van der Waals surface area contributed by atoms with Crippen LogP contribution in [0.15, 0.2) is 42.6 Å². The first-order valence-corrected chi connectivity index (χ1v) is 7.97. The first kappa shape index (κ1) is 16.3. The Labute approximate surface area is 141 Å². The van der Waals surface area contributed by atoms with Crippen molar-refractivity contribution in [1.29, 1.82) is 0 Å². The van der Waals surface area contributed by atoms with Crippen molar-refractivity contribution in [2.24, 2.45) is 0 Å². The van der Waals surface area contributed by atoms with E-state index in [4.69, 9.17) is 9.47 Å². The summed E-state index contributed by atoms with van der Waals surface area (Å²) in [6.07, 6.45) is 1.71. The van der Waals surface area contributed by atoms with Crippen LogP contribution < -0.4 is 15.0 Å². The molecular weight excluding hydrogens is 306 g/mol. The molecule has 24 heavy (non-hydrogen) atoms. The zero-order chi connectivity index (χ0) is 16.8. The molecule has 1 fully saturated rings. The Balaban J connectivity index is 1.68. The number of nitrogens with zero attached hydrogens (tertiary/aromatic N) is 2. The van der Waals surface area contributed by atoms with Crippen LogP contribution in [0, 0.1) is 0 Å². The van der Waals surface area contributed by atoms with Crippen LogP contribution in [-0.4, -0.2) is 44.3 Å². The zero-order valence-electron chi connectivity index (χ0n) is 13.7. The predicted octanol–water partition coefficient (Wildman–Crippen LogP) is 1.86. The minimum atomic E-state index is -0.125. The third-order valence-corrected chi connectivity index (χ3v) is 3.95. The topological polar surface area (TPSA) is 63.7 Å². The minimum Gasteiger partial charge on any atom is -0.497 e. The smallest absolute Gasteiger partial charge is 0.255 e. The lowest BCUT2D eigenvalue weighted by Crippen LogP contribution is -2.38. The molecule has 1 amide bonds. The zero-order valence-corrected chi connectivity index (χ0v) is 13.7. The van der Waals surface area contributed by atoms with E-state index in [9.17, 15) is 4.79 Å². The molecule has 6 heteroatoms. The van der Waals surface area contributed by atoms with Crippen molar-refractivity contribution in [2.75, 3.05) is 38.3 Å². The van der Waals surface area contributed by atoms with Gasteiger partial charge in [0.1, 0.15) is 11.6 Å². The molecule has 2 aromatic rings. The third-order valence-electron chi connectivity index (χ3n) is 3.95. The molecule has 1 N–H and O–H groups in total. The molecule has 0 unspecified atom stereocenters. The first-order chi connectivity index (χ1) is 11.8. The van der Waals surface area contributed by atoms with Gasteiger partial charge >= 0.3 is 0 Å². The van der Waals surface area contributed by atoms with Gasteiger partial charge in [0.2, 0.25) is 0 Å². The van der Waals surface area contributed by atoms with Crippen LogP contribution in [-0.2, 0) is 11.3 Å². The molecular formula is C18H21N3O3. The van der Waals surface area contributed by atoms with Crippen LogP contribution in [0.2, 0.25) is 0 Å². The average molecular weight is 327 g/mol. The van der Waals surface area contributed by atoms with Gasteiger partial charge in [-0.25, -0.2) is 4.98 Å². The molecule has 126 valence electrons. The molecule has 0 bridgehead atoms. The maximum Gasteiger partial charge on any atom is 0.255 e. The highest BCUT2D eigenvalue weighted by molar-refractivity contribution is 5.98. The summed E-state index contributed by atoms with van der Waals surface area (Å²) in [5, 5.41) is 2.95. The summed E-state index contributed by atoms with van der Waals surface area (Å²) in [5.41, 5.74) is 1.61. The van der Waals surface area contributed by atoms with Crippen LogP contribution in [0.1, 0.15) is 15.9 Å². The number of hydrogen-bond donors (Lipinski definition) is 1. The number of morpholine rings is 1. The summed E-state index contributed by atoms with van der Waals surface area (Å²) in [4.78, 5) is 19.1. The highest BCUT2D eigenvalue weighted by Crippen LogP contribution is 2.18. The lowest BCUT2D eigenvalue weighted by atomic mass is 10.2. The fraction of sp³-hybridized carbons (Fsp3) is 0.333. The van der Waals surface area contributed by atoms with E-state index in [0.29, 0.717) is 31.1 Å². The van der Waals surface area contributed by atoms with Crippen LogP contribution in [0.25, 0.3) is 0 Å². The van der Waals surface area contributed by atoms with Gasteiger partial charge in [0, 0.05) is 25.8 Å². The summed E-state index contributed by atoms with van der Waals surface area (Å²) in [6, 6.07) is 11.2. The van der Waals surface area contributed by atoms with E-state index in [1.807, 2.05) is 24.3 Å². The summed E-state index contributed by atoms with van der Waals surface area (Å²) < 4.78 is 10.5. The lowest BCUT2D eigenvalue weighted by molar-refractivity contribution is 0.0949. The SMILES string of the molecule is COc1ccc(CNC(=O)c2cccnc2N2CCOCC2)cc1. The summed E-state index contributed by atoms with van der Waals surface area (Å²) in [5.74, 6) is 1.39. The van der Waals surface area contributed by atoms with Crippen molar-refractivity contribution in [3.63, 3.8) is 0 Å². The Kier molecular flexibility index (Phi) is 5.28. The number of methoxy groups -OCH3 is 1. The summed E-state index contributed by atoms with van der Waals surface area (Å²) >= 11 is 0. The fourth-order valence-corrected chi connectivity index (χ4v) is 2.62. The highest BCUT2D eigenvalue weighted by Gasteiger charge is 2.19. The number of carbonyl (C=O) groups excluding carboxylic acids is 1. The van der Waals surface area contributed by atoms with Crippen LogP contribution in [0.5, 0.6) is 5.75 Å². The van der Waals surface area contributed by atoms with Crippen molar-refractivity contribution >= 4 is 11.7 Å². The van der Waals surface area contributed by atoms with Gasteiger partial charge < -0.3 is 19.7 Å². The van der Waals surface area contributed by atoms with Gasteiger partial charge in [-0.05, 0) is 29.8 Å². The number of hydrogen-bond acceptors (Lipinski definition) is 5. The van der Waals surface area contributed by atoms with Crippen LogP contribution in [0.3, 0.4) is 0 Å². The third kappa shape index (κ3) is 3.83. The average Bonchev–Trinajstić information content (AvgIpc) is 2.67. The van der Waals surface area contributed by atoms with Gasteiger partial charge in [-0.1, -0.05) is 12.1 Å². The minimum absolute atomic E-state index is 0.125. The molecule has 1 saturated heterocycles. The van der Waals surface area contributed by atoms with Gasteiger partial charge in [-0.3, -0.25) is 4.79 Å². The maximum absolute atomic E-state index is 12.6. The van der Waals surface area contributed by atoms with E-state index in [-0.39, 0.29) is 5.91 Å². The Bertz CT molecular complexity index is 682. The quantitative estimate of drug-likeness (QED) is 0.908. The van der Waals surface area contributed by atoms with Gasteiger partial charge in [0.25, 0.3) is 5.91 Å².